The number of nitrogens with one attached hydrogen (secondary N) is 1. The fourth-order valence-corrected chi connectivity index (χ4v) is 2.05. The number of likely N-dealkylation sites (N-methyl/N-ethyl adjacent to an activating group) is 1. The molecule has 0 fully saturated rings. The Balaban J connectivity index is 2.05. The molecule has 0 aliphatic rings. The lowest BCUT2D eigenvalue weighted by atomic mass is 10.2. The molecule has 2 rings (SSSR count). The third-order valence-corrected chi connectivity index (χ3v) is 3.33. The molecule has 0 aliphatic heterocycles. The molecule has 0 heterocycles. The van der Waals surface area contributed by atoms with Gasteiger partial charge in [0.05, 0.1) is 13.7 Å². The SMILES string of the molecule is COc1cccc(C(=O)Nc2ccc(N(C)CCO)cc2)c1. The summed E-state index contributed by atoms with van der Waals surface area (Å²) in [5.41, 5.74) is 2.24. The van der Waals surface area contributed by atoms with Gasteiger partial charge in [0.15, 0.2) is 0 Å². The van der Waals surface area contributed by atoms with E-state index >= 15 is 0 Å². The highest BCUT2D eigenvalue weighted by atomic mass is 16.5. The van der Waals surface area contributed by atoms with Crippen LogP contribution in [0.5, 0.6) is 5.75 Å². The topological polar surface area (TPSA) is 61.8 Å². The summed E-state index contributed by atoms with van der Waals surface area (Å²) in [5.74, 6) is 0.462. The standard InChI is InChI=1S/C17H20N2O3/c1-19(10-11-20)15-8-6-14(7-9-15)18-17(21)13-4-3-5-16(12-13)22-2/h3-9,12,20H,10-11H2,1-2H3,(H,18,21). The third-order valence-electron chi connectivity index (χ3n) is 3.33. The molecule has 0 saturated carbocycles. The Bertz CT molecular complexity index is 626. The number of hydrogen-bond acceptors (Lipinski definition) is 4. The van der Waals surface area contributed by atoms with Crippen molar-refractivity contribution in [1.82, 2.24) is 0 Å². The highest BCUT2D eigenvalue weighted by Gasteiger charge is 2.07. The summed E-state index contributed by atoms with van der Waals surface area (Å²) >= 11 is 0. The zero-order chi connectivity index (χ0) is 15.9. The first-order valence-corrected chi connectivity index (χ1v) is 7.01. The number of hydrogen-bond donors (Lipinski definition) is 2. The molecule has 0 atom stereocenters. The molecule has 0 saturated heterocycles. The van der Waals surface area contributed by atoms with Crippen molar-refractivity contribution in [2.24, 2.45) is 0 Å². The first kappa shape index (κ1) is 15.9. The summed E-state index contributed by atoms with van der Waals surface area (Å²) in [5, 5.41) is 11.8. The lowest BCUT2D eigenvalue weighted by molar-refractivity contribution is 0.102. The molecule has 2 aromatic rings. The molecule has 2 aromatic carbocycles. The number of ether oxygens (including phenoxy) is 1. The minimum Gasteiger partial charge on any atom is -0.497 e. The predicted octanol–water partition coefficient (Wildman–Crippen LogP) is 2.38. The summed E-state index contributed by atoms with van der Waals surface area (Å²) in [4.78, 5) is 14.1. The molecule has 22 heavy (non-hydrogen) atoms. The van der Waals surface area contributed by atoms with Crippen molar-refractivity contribution >= 4 is 17.3 Å². The Morgan fingerprint density at radius 1 is 1.23 bits per heavy atom. The van der Waals surface area contributed by atoms with Crippen LogP contribution in [-0.2, 0) is 0 Å². The van der Waals surface area contributed by atoms with Gasteiger partial charge in [-0.3, -0.25) is 4.79 Å². The van der Waals surface area contributed by atoms with Gasteiger partial charge in [-0.2, -0.15) is 0 Å². The van der Waals surface area contributed by atoms with Crippen molar-refractivity contribution in [2.75, 3.05) is 37.5 Å². The Hall–Kier alpha value is -2.53. The molecule has 0 aromatic heterocycles. The number of anilines is 2. The summed E-state index contributed by atoms with van der Waals surface area (Å²) < 4.78 is 5.11. The number of amides is 1. The van der Waals surface area contributed by atoms with Crippen LogP contribution >= 0.6 is 0 Å². The zero-order valence-corrected chi connectivity index (χ0v) is 12.7. The monoisotopic (exact) mass is 300 g/mol. The number of carbonyl (C=O) groups excluding carboxylic acids is 1. The molecular formula is C17H20N2O3. The van der Waals surface area contributed by atoms with E-state index < -0.39 is 0 Å². The normalized spacial score (nSPS) is 10.1. The van der Waals surface area contributed by atoms with E-state index in [1.165, 1.54) is 0 Å². The van der Waals surface area contributed by atoms with Crippen LogP contribution in [0.15, 0.2) is 48.5 Å². The van der Waals surface area contributed by atoms with Gasteiger partial charge in [-0.15, -0.1) is 0 Å². The Morgan fingerprint density at radius 2 is 1.95 bits per heavy atom. The maximum Gasteiger partial charge on any atom is 0.255 e. The average Bonchev–Trinajstić information content (AvgIpc) is 2.55. The smallest absolute Gasteiger partial charge is 0.255 e. The van der Waals surface area contributed by atoms with Gasteiger partial charge in [-0.25, -0.2) is 0 Å². The molecule has 1 amide bonds. The molecule has 0 radical (unpaired) electrons. The van der Waals surface area contributed by atoms with Crippen LogP contribution in [0.1, 0.15) is 10.4 Å². The third kappa shape index (κ3) is 3.99. The fraction of sp³-hybridized carbons (Fsp3) is 0.235. The molecule has 0 aliphatic carbocycles. The van der Waals surface area contributed by atoms with E-state index in [2.05, 4.69) is 5.32 Å². The Morgan fingerprint density at radius 3 is 2.59 bits per heavy atom. The van der Waals surface area contributed by atoms with Crippen LogP contribution < -0.4 is 15.0 Å². The van der Waals surface area contributed by atoms with Crippen LogP contribution in [0, 0.1) is 0 Å². The van der Waals surface area contributed by atoms with Crippen molar-refractivity contribution in [1.29, 1.82) is 0 Å². The summed E-state index contributed by atoms with van der Waals surface area (Å²) in [6, 6.07) is 14.5. The van der Waals surface area contributed by atoms with Gasteiger partial charge >= 0.3 is 0 Å². The number of aliphatic hydroxyl groups excluding tert-OH is 1. The van der Waals surface area contributed by atoms with E-state index in [0.29, 0.717) is 23.5 Å². The van der Waals surface area contributed by atoms with Crippen LogP contribution in [0.2, 0.25) is 0 Å². The Kier molecular flexibility index (Phi) is 5.38. The first-order valence-electron chi connectivity index (χ1n) is 7.01. The Labute approximate surface area is 130 Å². The van der Waals surface area contributed by atoms with Crippen molar-refractivity contribution in [2.45, 2.75) is 0 Å². The van der Waals surface area contributed by atoms with E-state index in [4.69, 9.17) is 9.84 Å². The minimum atomic E-state index is -0.185. The quantitative estimate of drug-likeness (QED) is 0.860. The van der Waals surface area contributed by atoms with Gasteiger partial charge in [-0.1, -0.05) is 6.07 Å². The largest absolute Gasteiger partial charge is 0.497 e. The highest BCUT2D eigenvalue weighted by Crippen LogP contribution is 2.18. The maximum atomic E-state index is 12.2. The average molecular weight is 300 g/mol. The van der Waals surface area contributed by atoms with Crippen molar-refractivity contribution in [3.8, 4) is 5.75 Å². The predicted molar refractivity (Wildman–Crippen MR) is 87.7 cm³/mol. The van der Waals surface area contributed by atoms with E-state index in [0.717, 1.165) is 5.69 Å². The van der Waals surface area contributed by atoms with Gasteiger partial charge in [0.2, 0.25) is 0 Å². The lowest BCUT2D eigenvalue weighted by Gasteiger charge is -2.18. The van der Waals surface area contributed by atoms with E-state index in [9.17, 15) is 4.79 Å². The number of nitrogens with zero attached hydrogens (tertiary/aromatic N) is 1. The van der Waals surface area contributed by atoms with Gasteiger partial charge < -0.3 is 20.1 Å². The molecular weight excluding hydrogens is 280 g/mol. The van der Waals surface area contributed by atoms with Crippen molar-refractivity contribution in [3.63, 3.8) is 0 Å². The second kappa shape index (κ2) is 7.47. The second-order valence-electron chi connectivity index (χ2n) is 4.88. The lowest BCUT2D eigenvalue weighted by Crippen LogP contribution is -2.21. The highest BCUT2D eigenvalue weighted by molar-refractivity contribution is 6.04. The van der Waals surface area contributed by atoms with Crippen LogP contribution in [0.4, 0.5) is 11.4 Å². The van der Waals surface area contributed by atoms with Gasteiger partial charge in [0, 0.05) is 30.5 Å². The van der Waals surface area contributed by atoms with Crippen molar-refractivity contribution in [3.05, 3.63) is 54.1 Å². The molecule has 0 unspecified atom stereocenters. The summed E-state index contributed by atoms with van der Waals surface area (Å²) in [7, 11) is 3.47. The molecule has 116 valence electrons. The van der Waals surface area contributed by atoms with E-state index in [1.807, 2.05) is 36.2 Å². The molecule has 5 heteroatoms. The van der Waals surface area contributed by atoms with Gasteiger partial charge in [0.25, 0.3) is 5.91 Å². The molecule has 0 spiro atoms. The summed E-state index contributed by atoms with van der Waals surface area (Å²) in [6.45, 7) is 0.667. The fourth-order valence-electron chi connectivity index (χ4n) is 2.05. The maximum absolute atomic E-state index is 12.2. The van der Waals surface area contributed by atoms with Gasteiger partial charge in [0.1, 0.15) is 5.75 Å². The van der Waals surface area contributed by atoms with E-state index in [1.54, 1.807) is 31.4 Å². The number of benzene rings is 2. The van der Waals surface area contributed by atoms with Crippen molar-refractivity contribution < 1.29 is 14.6 Å². The summed E-state index contributed by atoms with van der Waals surface area (Å²) in [6.07, 6.45) is 0. The molecule has 0 bridgehead atoms. The second-order valence-corrected chi connectivity index (χ2v) is 4.88. The van der Waals surface area contributed by atoms with Crippen LogP contribution in [-0.4, -0.2) is 38.3 Å². The minimum absolute atomic E-state index is 0.102. The first-order chi connectivity index (χ1) is 10.6. The number of carbonyl (C=O) groups is 1. The number of rotatable bonds is 6. The van der Waals surface area contributed by atoms with Crippen LogP contribution in [0.25, 0.3) is 0 Å². The number of methoxy groups -OCH3 is 1. The van der Waals surface area contributed by atoms with Gasteiger partial charge in [-0.05, 0) is 42.5 Å². The number of aliphatic hydroxyl groups is 1. The van der Waals surface area contributed by atoms with E-state index in [-0.39, 0.29) is 12.5 Å². The zero-order valence-electron chi connectivity index (χ0n) is 12.7. The van der Waals surface area contributed by atoms with Crippen LogP contribution in [0.3, 0.4) is 0 Å². The molecule has 5 nitrogen and oxygen atoms in total. The molecule has 2 N–H and O–H groups in total.